The van der Waals surface area contributed by atoms with Gasteiger partial charge in [-0.15, -0.1) is 12.4 Å². The zero-order valence-corrected chi connectivity index (χ0v) is 11.8. The largest absolute Gasteiger partial charge is 0.341 e. The van der Waals surface area contributed by atoms with Crippen LogP contribution in [0, 0.1) is 5.92 Å². The van der Waals surface area contributed by atoms with E-state index in [-0.39, 0.29) is 30.9 Å². The molecular weight excluding hydrogens is 256 g/mol. The molecule has 1 heterocycles. The molecule has 18 heavy (non-hydrogen) atoms. The third-order valence-corrected chi connectivity index (χ3v) is 3.20. The van der Waals surface area contributed by atoms with E-state index in [4.69, 9.17) is 5.73 Å². The molecule has 0 spiro atoms. The number of likely N-dealkylation sites (tertiary alicyclic amines) is 1. The summed E-state index contributed by atoms with van der Waals surface area (Å²) < 4.78 is 0. The van der Waals surface area contributed by atoms with Crippen molar-refractivity contribution in [1.82, 2.24) is 15.5 Å². The minimum Gasteiger partial charge on any atom is -0.341 e. The highest BCUT2D eigenvalue weighted by atomic mass is 35.5. The predicted octanol–water partition coefficient (Wildman–Crippen LogP) is -0.0770. The molecule has 3 amide bonds. The summed E-state index contributed by atoms with van der Waals surface area (Å²) in [5.74, 6) is 0.374. The lowest BCUT2D eigenvalue weighted by atomic mass is 9.92. The number of amides is 3. The van der Waals surface area contributed by atoms with Crippen LogP contribution in [-0.4, -0.2) is 49.6 Å². The van der Waals surface area contributed by atoms with Crippen LogP contribution in [0.2, 0.25) is 0 Å². The summed E-state index contributed by atoms with van der Waals surface area (Å²) in [6.07, 6.45) is 2.09. The Morgan fingerprint density at radius 3 is 2.67 bits per heavy atom. The molecule has 1 fully saturated rings. The van der Waals surface area contributed by atoms with Gasteiger partial charge < -0.3 is 11.1 Å². The van der Waals surface area contributed by atoms with Crippen molar-refractivity contribution in [3.8, 4) is 0 Å². The Hall–Kier alpha value is -0.850. The summed E-state index contributed by atoms with van der Waals surface area (Å²) >= 11 is 0. The molecule has 1 rings (SSSR count). The van der Waals surface area contributed by atoms with Gasteiger partial charge in [-0.25, -0.2) is 4.79 Å². The molecule has 106 valence electrons. The Balaban J connectivity index is 0.00000289. The molecule has 0 aromatic rings. The Bertz CT molecular complexity index is 288. The number of carbonyl (C=O) groups excluding carboxylic acids is 2. The van der Waals surface area contributed by atoms with Crippen LogP contribution in [0.4, 0.5) is 4.79 Å². The predicted molar refractivity (Wildman–Crippen MR) is 72.7 cm³/mol. The average Bonchev–Trinajstić information content (AvgIpc) is 2.31. The van der Waals surface area contributed by atoms with Gasteiger partial charge in [-0.1, -0.05) is 6.92 Å². The van der Waals surface area contributed by atoms with E-state index in [0.29, 0.717) is 12.5 Å². The van der Waals surface area contributed by atoms with Crippen LogP contribution < -0.4 is 16.4 Å². The topological polar surface area (TPSA) is 87.5 Å². The third-order valence-electron chi connectivity index (χ3n) is 3.20. The standard InChI is InChI=1S/C11H22N4O2.ClH/c1-8-3-4-15(9(5-8)6-12)7-10(16)14-11(17)13-2;/h8-9H,3-7,12H2,1-2H3,(H2,13,14,16,17);1H. The van der Waals surface area contributed by atoms with Crippen LogP contribution in [-0.2, 0) is 4.79 Å². The van der Waals surface area contributed by atoms with Crippen molar-refractivity contribution in [1.29, 1.82) is 0 Å². The lowest BCUT2D eigenvalue weighted by Gasteiger charge is -2.37. The quantitative estimate of drug-likeness (QED) is 0.674. The van der Waals surface area contributed by atoms with Crippen molar-refractivity contribution in [2.45, 2.75) is 25.8 Å². The molecule has 6 nitrogen and oxygen atoms in total. The molecule has 1 aliphatic rings. The minimum atomic E-state index is -0.468. The highest BCUT2D eigenvalue weighted by molar-refractivity contribution is 5.95. The number of piperidine rings is 1. The Morgan fingerprint density at radius 2 is 2.11 bits per heavy atom. The molecule has 0 aromatic carbocycles. The number of carbonyl (C=O) groups is 2. The summed E-state index contributed by atoms with van der Waals surface area (Å²) in [6, 6.07) is -0.223. The second-order valence-electron chi connectivity index (χ2n) is 4.62. The number of nitrogens with one attached hydrogen (secondary N) is 2. The van der Waals surface area contributed by atoms with Crippen LogP contribution in [0.3, 0.4) is 0 Å². The van der Waals surface area contributed by atoms with Gasteiger partial charge in [-0.05, 0) is 25.3 Å². The van der Waals surface area contributed by atoms with E-state index < -0.39 is 6.03 Å². The number of rotatable bonds is 3. The van der Waals surface area contributed by atoms with E-state index in [1.165, 1.54) is 7.05 Å². The molecule has 0 aromatic heterocycles. The van der Waals surface area contributed by atoms with Crippen LogP contribution >= 0.6 is 12.4 Å². The molecular formula is C11H23ClN4O2. The molecule has 0 radical (unpaired) electrons. The van der Waals surface area contributed by atoms with E-state index in [2.05, 4.69) is 22.5 Å². The number of nitrogens with zero attached hydrogens (tertiary/aromatic N) is 1. The molecule has 4 N–H and O–H groups in total. The maximum atomic E-state index is 11.6. The summed E-state index contributed by atoms with van der Waals surface area (Å²) in [5, 5.41) is 4.61. The Labute approximate surface area is 114 Å². The highest BCUT2D eigenvalue weighted by Gasteiger charge is 2.26. The first kappa shape index (κ1) is 17.2. The van der Waals surface area contributed by atoms with Gasteiger partial charge >= 0.3 is 6.03 Å². The van der Waals surface area contributed by atoms with E-state index in [1.54, 1.807) is 0 Å². The van der Waals surface area contributed by atoms with Crippen molar-refractivity contribution in [2.24, 2.45) is 11.7 Å². The summed E-state index contributed by atoms with van der Waals surface area (Å²) in [5.41, 5.74) is 5.71. The molecule has 1 saturated heterocycles. The van der Waals surface area contributed by atoms with Crippen molar-refractivity contribution >= 4 is 24.3 Å². The second-order valence-corrected chi connectivity index (χ2v) is 4.62. The number of halogens is 1. The number of imide groups is 1. The fraction of sp³-hybridized carbons (Fsp3) is 0.818. The SMILES string of the molecule is CNC(=O)NC(=O)CN1CCC(C)CC1CN.Cl. The number of hydrogen-bond acceptors (Lipinski definition) is 4. The van der Waals surface area contributed by atoms with Crippen LogP contribution in [0.15, 0.2) is 0 Å². The number of urea groups is 1. The Morgan fingerprint density at radius 1 is 1.44 bits per heavy atom. The number of hydrogen-bond donors (Lipinski definition) is 3. The minimum absolute atomic E-state index is 0. The Kier molecular flexibility index (Phi) is 7.90. The van der Waals surface area contributed by atoms with Crippen LogP contribution in [0.5, 0.6) is 0 Å². The van der Waals surface area contributed by atoms with Crippen molar-refractivity contribution in [3.05, 3.63) is 0 Å². The molecule has 1 aliphatic heterocycles. The van der Waals surface area contributed by atoms with Gasteiger partial charge in [0.05, 0.1) is 6.54 Å². The normalized spacial score (nSPS) is 23.9. The first-order valence-corrected chi connectivity index (χ1v) is 6.02. The van der Waals surface area contributed by atoms with Gasteiger partial charge in [0, 0.05) is 19.6 Å². The molecule has 7 heteroatoms. The first-order valence-electron chi connectivity index (χ1n) is 6.02. The molecule has 0 saturated carbocycles. The molecule has 2 unspecified atom stereocenters. The third kappa shape index (κ3) is 5.20. The summed E-state index contributed by atoms with van der Waals surface area (Å²) in [4.78, 5) is 24.6. The lowest BCUT2D eigenvalue weighted by Crippen LogP contribution is -2.51. The zero-order chi connectivity index (χ0) is 12.8. The maximum absolute atomic E-state index is 11.6. The second kappa shape index (κ2) is 8.29. The molecule has 0 aliphatic carbocycles. The fourth-order valence-electron chi connectivity index (χ4n) is 2.17. The van der Waals surface area contributed by atoms with Crippen molar-refractivity contribution in [2.75, 3.05) is 26.7 Å². The number of nitrogens with two attached hydrogens (primary N) is 1. The highest BCUT2D eigenvalue weighted by Crippen LogP contribution is 2.21. The van der Waals surface area contributed by atoms with Gasteiger partial charge in [0.15, 0.2) is 0 Å². The van der Waals surface area contributed by atoms with E-state index in [1.807, 2.05) is 0 Å². The van der Waals surface area contributed by atoms with Gasteiger partial charge in [0.2, 0.25) is 5.91 Å². The summed E-state index contributed by atoms with van der Waals surface area (Å²) in [7, 11) is 1.48. The van der Waals surface area contributed by atoms with Crippen molar-refractivity contribution < 1.29 is 9.59 Å². The van der Waals surface area contributed by atoms with Gasteiger partial charge in [-0.2, -0.15) is 0 Å². The van der Waals surface area contributed by atoms with Gasteiger partial charge in [-0.3, -0.25) is 15.0 Å². The van der Waals surface area contributed by atoms with Gasteiger partial charge in [0.25, 0.3) is 0 Å². The van der Waals surface area contributed by atoms with Crippen LogP contribution in [0.25, 0.3) is 0 Å². The van der Waals surface area contributed by atoms with E-state index in [0.717, 1.165) is 19.4 Å². The van der Waals surface area contributed by atoms with E-state index >= 15 is 0 Å². The fourth-order valence-corrected chi connectivity index (χ4v) is 2.17. The molecule has 2 atom stereocenters. The smallest absolute Gasteiger partial charge is 0.321 e. The maximum Gasteiger partial charge on any atom is 0.321 e. The zero-order valence-electron chi connectivity index (χ0n) is 10.9. The molecule has 0 bridgehead atoms. The summed E-state index contributed by atoms with van der Waals surface area (Å²) in [6.45, 7) is 3.86. The average molecular weight is 279 g/mol. The van der Waals surface area contributed by atoms with E-state index in [9.17, 15) is 9.59 Å². The lowest BCUT2D eigenvalue weighted by molar-refractivity contribution is -0.122. The first-order chi connectivity index (χ1) is 8.06. The van der Waals surface area contributed by atoms with Gasteiger partial charge in [0.1, 0.15) is 0 Å². The van der Waals surface area contributed by atoms with Crippen LogP contribution in [0.1, 0.15) is 19.8 Å². The van der Waals surface area contributed by atoms with Crippen molar-refractivity contribution in [3.63, 3.8) is 0 Å². The monoisotopic (exact) mass is 278 g/mol.